The molecule has 7 heteroatoms. The fourth-order valence-electron chi connectivity index (χ4n) is 3.85. The Bertz CT molecular complexity index is 1040. The van der Waals surface area contributed by atoms with Gasteiger partial charge >= 0.3 is 0 Å². The summed E-state index contributed by atoms with van der Waals surface area (Å²) in [6.07, 6.45) is 2.55. The van der Waals surface area contributed by atoms with E-state index in [4.69, 9.17) is 0 Å². The zero-order valence-corrected chi connectivity index (χ0v) is 17.5. The van der Waals surface area contributed by atoms with Crippen LogP contribution in [0.2, 0.25) is 0 Å². The summed E-state index contributed by atoms with van der Waals surface area (Å²) in [5, 5.41) is 7.36. The molecule has 160 valence electrons. The Labute approximate surface area is 180 Å². The van der Waals surface area contributed by atoms with E-state index in [2.05, 4.69) is 15.1 Å². The zero-order valence-electron chi connectivity index (χ0n) is 17.5. The van der Waals surface area contributed by atoms with Gasteiger partial charge in [0.15, 0.2) is 0 Å². The first-order valence-corrected chi connectivity index (χ1v) is 10.5. The molecule has 2 heterocycles. The summed E-state index contributed by atoms with van der Waals surface area (Å²) in [6.45, 7) is 2.13. The van der Waals surface area contributed by atoms with Crippen molar-refractivity contribution in [3.8, 4) is 11.3 Å². The van der Waals surface area contributed by atoms with Crippen molar-refractivity contribution in [2.24, 2.45) is 0 Å². The number of aryl methyl sites for hydroxylation is 1. The van der Waals surface area contributed by atoms with Crippen LogP contribution < -0.4 is 0 Å². The minimum atomic E-state index is -0.259. The van der Waals surface area contributed by atoms with Crippen LogP contribution in [0.25, 0.3) is 11.3 Å². The van der Waals surface area contributed by atoms with Crippen LogP contribution in [0.5, 0.6) is 0 Å². The lowest BCUT2D eigenvalue weighted by Gasteiger charge is -2.19. The van der Waals surface area contributed by atoms with Crippen molar-refractivity contribution < 1.29 is 14.0 Å². The van der Waals surface area contributed by atoms with Gasteiger partial charge in [-0.3, -0.25) is 19.6 Å². The third-order valence-corrected chi connectivity index (χ3v) is 5.56. The van der Waals surface area contributed by atoms with Crippen molar-refractivity contribution in [3.05, 3.63) is 77.2 Å². The molecule has 4 rings (SSSR count). The number of aromatic nitrogens is 2. The molecular formula is C24H25FN4O2. The number of H-pyrrole nitrogens is 1. The minimum absolute atomic E-state index is 0.195. The molecular weight excluding hydrogens is 395 g/mol. The van der Waals surface area contributed by atoms with Gasteiger partial charge in [0.25, 0.3) is 11.8 Å². The fourth-order valence-corrected chi connectivity index (χ4v) is 3.85. The second-order valence-electron chi connectivity index (χ2n) is 7.85. The number of carbonyl (C=O) groups is 2. The number of rotatable bonds is 9. The van der Waals surface area contributed by atoms with Crippen LogP contribution >= 0.6 is 0 Å². The number of fused-ring (bicyclic) bond motifs is 1. The Kier molecular flexibility index (Phi) is 6.23. The predicted molar refractivity (Wildman–Crippen MR) is 116 cm³/mol. The van der Waals surface area contributed by atoms with E-state index in [-0.39, 0.29) is 17.6 Å². The first-order valence-electron chi connectivity index (χ1n) is 10.5. The maximum absolute atomic E-state index is 13.1. The van der Waals surface area contributed by atoms with Gasteiger partial charge in [-0.25, -0.2) is 4.39 Å². The number of hydrogen-bond acceptors (Lipinski definition) is 4. The van der Waals surface area contributed by atoms with Crippen molar-refractivity contribution in [2.45, 2.75) is 19.3 Å². The van der Waals surface area contributed by atoms with Crippen LogP contribution in [-0.4, -0.2) is 58.5 Å². The summed E-state index contributed by atoms with van der Waals surface area (Å²) in [5.41, 5.74) is 3.73. The van der Waals surface area contributed by atoms with Crippen molar-refractivity contribution in [1.29, 1.82) is 0 Å². The van der Waals surface area contributed by atoms with Gasteiger partial charge in [-0.15, -0.1) is 0 Å². The van der Waals surface area contributed by atoms with Crippen LogP contribution in [0.15, 0.2) is 54.6 Å². The highest BCUT2D eigenvalue weighted by molar-refractivity contribution is 6.21. The van der Waals surface area contributed by atoms with Crippen LogP contribution in [0.1, 0.15) is 39.3 Å². The molecule has 1 N–H and O–H groups in total. The Morgan fingerprint density at radius 2 is 1.61 bits per heavy atom. The van der Waals surface area contributed by atoms with Gasteiger partial charge in [0, 0.05) is 17.8 Å². The van der Waals surface area contributed by atoms with E-state index in [0.717, 1.165) is 49.3 Å². The van der Waals surface area contributed by atoms with E-state index in [0.29, 0.717) is 17.7 Å². The Hall–Kier alpha value is -3.32. The minimum Gasteiger partial charge on any atom is -0.306 e. The molecule has 0 aliphatic carbocycles. The summed E-state index contributed by atoms with van der Waals surface area (Å²) in [5.74, 6) is -0.649. The van der Waals surface area contributed by atoms with Crippen LogP contribution in [-0.2, 0) is 6.42 Å². The van der Waals surface area contributed by atoms with Gasteiger partial charge in [-0.1, -0.05) is 12.1 Å². The maximum atomic E-state index is 13.1. The highest BCUT2D eigenvalue weighted by atomic mass is 19.1. The molecule has 2 aromatic carbocycles. The van der Waals surface area contributed by atoms with Crippen molar-refractivity contribution >= 4 is 11.8 Å². The molecule has 6 nitrogen and oxygen atoms in total. The van der Waals surface area contributed by atoms with E-state index >= 15 is 0 Å². The van der Waals surface area contributed by atoms with Crippen molar-refractivity contribution in [1.82, 2.24) is 20.0 Å². The molecule has 1 aliphatic rings. The van der Waals surface area contributed by atoms with Gasteiger partial charge in [-0.2, -0.15) is 5.10 Å². The maximum Gasteiger partial charge on any atom is 0.261 e. The Morgan fingerprint density at radius 1 is 0.968 bits per heavy atom. The Balaban J connectivity index is 1.19. The molecule has 2 amide bonds. The average Bonchev–Trinajstić information content (AvgIpc) is 3.33. The number of aromatic amines is 1. The molecule has 3 aromatic rings. The number of carbonyl (C=O) groups excluding carboxylic acids is 2. The van der Waals surface area contributed by atoms with Crippen LogP contribution in [0.3, 0.4) is 0 Å². The quantitative estimate of drug-likeness (QED) is 0.535. The lowest BCUT2D eigenvalue weighted by molar-refractivity contribution is 0.0648. The fraction of sp³-hybridized carbons (Fsp3) is 0.292. The SMILES string of the molecule is CN(CCCc1cc(-c2ccc(F)cc2)n[nH]1)CCCN1C(=O)c2ccccc2C1=O. The highest BCUT2D eigenvalue weighted by Gasteiger charge is 2.34. The molecule has 0 saturated heterocycles. The number of nitrogens with one attached hydrogen (secondary N) is 1. The molecule has 0 spiro atoms. The zero-order chi connectivity index (χ0) is 21.8. The number of hydrogen-bond donors (Lipinski definition) is 1. The topological polar surface area (TPSA) is 69.3 Å². The number of amides is 2. The molecule has 1 aromatic heterocycles. The van der Waals surface area contributed by atoms with E-state index in [1.807, 2.05) is 13.1 Å². The number of nitrogens with zero attached hydrogens (tertiary/aromatic N) is 3. The number of benzene rings is 2. The van der Waals surface area contributed by atoms with Gasteiger partial charge in [0.05, 0.1) is 16.8 Å². The average molecular weight is 420 g/mol. The molecule has 0 unspecified atom stereocenters. The van der Waals surface area contributed by atoms with Gasteiger partial charge in [0.1, 0.15) is 5.82 Å². The highest BCUT2D eigenvalue weighted by Crippen LogP contribution is 2.22. The van der Waals surface area contributed by atoms with Crippen LogP contribution in [0.4, 0.5) is 4.39 Å². The number of imide groups is 1. The van der Waals surface area contributed by atoms with Gasteiger partial charge in [-0.05, 0) is 81.9 Å². The van der Waals surface area contributed by atoms with Gasteiger partial charge < -0.3 is 4.90 Å². The van der Waals surface area contributed by atoms with Crippen molar-refractivity contribution in [2.75, 3.05) is 26.7 Å². The van der Waals surface area contributed by atoms with Gasteiger partial charge in [0.2, 0.25) is 0 Å². The summed E-state index contributed by atoms with van der Waals surface area (Å²) in [7, 11) is 2.04. The standard InChI is InChI=1S/C24H25FN4O2/c1-28(14-5-15-29-23(30)20-7-2-3-8-21(20)24(29)31)13-4-6-19-16-22(27-26-19)17-9-11-18(25)12-10-17/h2-3,7-12,16H,4-6,13-15H2,1H3,(H,26,27). The van der Waals surface area contributed by atoms with E-state index < -0.39 is 0 Å². The largest absolute Gasteiger partial charge is 0.306 e. The lowest BCUT2D eigenvalue weighted by Crippen LogP contribution is -2.33. The molecule has 0 saturated carbocycles. The summed E-state index contributed by atoms with van der Waals surface area (Å²) in [6, 6.07) is 15.3. The van der Waals surface area contributed by atoms with Crippen molar-refractivity contribution in [3.63, 3.8) is 0 Å². The van der Waals surface area contributed by atoms with E-state index in [1.54, 1.807) is 36.4 Å². The second-order valence-corrected chi connectivity index (χ2v) is 7.85. The summed E-state index contributed by atoms with van der Waals surface area (Å²) >= 11 is 0. The normalized spacial score (nSPS) is 13.3. The second kappa shape index (κ2) is 9.22. The first-order chi connectivity index (χ1) is 15.0. The third kappa shape index (κ3) is 4.72. The summed E-state index contributed by atoms with van der Waals surface area (Å²) < 4.78 is 13.1. The molecule has 31 heavy (non-hydrogen) atoms. The molecule has 0 radical (unpaired) electrons. The van der Waals surface area contributed by atoms with Crippen LogP contribution in [0, 0.1) is 5.82 Å². The van der Waals surface area contributed by atoms with E-state index in [9.17, 15) is 14.0 Å². The summed E-state index contributed by atoms with van der Waals surface area (Å²) in [4.78, 5) is 28.3. The Morgan fingerprint density at radius 3 is 2.29 bits per heavy atom. The number of halogens is 1. The van der Waals surface area contributed by atoms with E-state index in [1.165, 1.54) is 17.0 Å². The lowest BCUT2D eigenvalue weighted by atomic mass is 10.1. The predicted octanol–water partition coefficient (Wildman–Crippen LogP) is 3.77. The first kappa shape index (κ1) is 20.9. The smallest absolute Gasteiger partial charge is 0.261 e. The third-order valence-electron chi connectivity index (χ3n) is 5.56. The molecule has 0 fully saturated rings. The monoisotopic (exact) mass is 420 g/mol. The molecule has 1 aliphatic heterocycles. The molecule has 0 bridgehead atoms. The molecule has 0 atom stereocenters.